The van der Waals surface area contributed by atoms with Gasteiger partial charge in [0.25, 0.3) is 0 Å². The van der Waals surface area contributed by atoms with Gasteiger partial charge in [0.2, 0.25) is 16.0 Å². The molecule has 11 nitrogen and oxygen atoms in total. The minimum atomic E-state index is -3.64. The van der Waals surface area contributed by atoms with Crippen LogP contribution in [0.2, 0.25) is 0 Å². The monoisotopic (exact) mass is 631 g/mol. The van der Waals surface area contributed by atoms with Crippen molar-refractivity contribution in [2.75, 3.05) is 23.4 Å². The van der Waals surface area contributed by atoms with E-state index in [0.717, 1.165) is 40.9 Å². The van der Waals surface area contributed by atoms with Gasteiger partial charge in [0.15, 0.2) is 0 Å². The van der Waals surface area contributed by atoms with Crippen molar-refractivity contribution >= 4 is 43.3 Å². The molecule has 0 saturated heterocycles. The molecule has 15 heteroatoms. The van der Waals surface area contributed by atoms with Crippen molar-refractivity contribution in [2.45, 2.75) is 56.9 Å². The van der Waals surface area contributed by atoms with Crippen LogP contribution in [0.15, 0.2) is 30.5 Å². The van der Waals surface area contributed by atoms with Crippen molar-refractivity contribution in [1.82, 2.24) is 24.7 Å². The Morgan fingerprint density at radius 2 is 1.81 bits per heavy atom. The zero-order valence-electron chi connectivity index (χ0n) is 23.4. The molecule has 4 atom stereocenters. The van der Waals surface area contributed by atoms with E-state index in [2.05, 4.69) is 30.3 Å². The number of aromatic nitrogens is 4. The number of nitrogens with one attached hydrogen (secondary N) is 3. The minimum Gasteiger partial charge on any atom is -0.390 e. The van der Waals surface area contributed by atoms with Gasteiger partial charge in [-0.15, -0.1) is 11.3 Å². The molecule has 1 aromatic carbocycles. The molecule has 0 spiro atoms. The number of hydrogen-bond acceptors (Lipinski definition) is 11. The molecule has 0 bridgehead atoms. The lowest BCUT2D eigenvalue weighted by atomic mass is 10.1. The van der Waals surface area contributed by atoms with E-state index in [9.17, 15) is 27.4 Å². The predicted molar refractivity (Wildman–Crippen MR) is 159 cm³/mol. The summed E-state index contributed by atoms with van der Waals surface area (Å²) in [6.07, 6.45) is 1.45. The van der Waals surface area contributed by atoms with Crippen LogP contribution >= 0.6 is 11.3 Å². The molecule has 0 unspecified atom stereocenters. The van der Waals surface area contributed by atoms with Crippen LogP contribution in [-0.4, -0.2) is 69.6 Å². The molecular weight excluding hydrogens is 600 g/mol. The Bertz CT molecular complexity index is 1760. The normalized spacial score (nSPS) is 22.3. The number of pyridine rings is 1. The molecule has 0 radical (unpaired) electrons. The molecule has 228 valence electrons. The summed E-state index contributed by atoms with van der Waals surface area (Å²) in [6.45, 7) is 1.54. The number of anilines is 2. The third kappa shape index (κ3) is 6.04. The first-order valence-electron chi connectivity index (χ1n) is 13.9. The van der Waals surface area contributed by atoms with Crippen LogP contribution in [0.1, 0.15) is 42.1 Å². The average Bonchev–Trinajstić information content (AvgIpc) is 3.67. The smallest absolute Gasteiger partial charge is 0.225 e. The van der Waals surface area contributed by atoms with Gasteiger partial charge in [-0.25, -0.2) is 31.9 Å². The van der Waals surface area contributed by atoms with Crippen molar-refractivity contribution in [3.63, 3.8) is 0 Å². The second-order valence-electron chi connectivity index (χ2n) is 11.0. The summed E-state index contributed by atoms with van der Waals surface area (Å²) < 4.78 is 56.1. The number of aliphatic hydroxyl groups excluding tert-OH is 2. The van der Waals surface area contributed by atoms with Crippen LogP contribution < -0.4 is 15.4 Å². The number of rotatable bonds is 10. The molecule has 3 heterocycles. The van der Waals surface area contributed by atoms with E-state index in [0.29, 0.717) is 22.2 Å². The van der Waals surface area contributed by atoms with E-state index < -0.39 is 45.8 Å². The Kier molecular flexibility index (Phi) is 8.02. The Balaban J connectivity index is 1.37. The molecule has 43 heavy (non-hydrogen) atoms. The second kappa shape index (κ2) is 11.6. The maximum absolute atomic E-state index is 14.3. The number of halogens is 2. The number of thiazole rings is 1. The van der Waals surface area contributed by atoms with Gasteiger partial charge >= 0.3 is 0 Å². The van der Waals surface area contributed by atoms with Gasteiger partial charge in [-0.05, 0) is 51.4 Å². The van der Waals surface area contributed by atoms with E-state index >= 15 is 0 Å². The topological polar surface area (TPSA) is 162 Å². The van der Waals surface area contributed by atoms with Crippen LogP contribution in [0.25, 0.3) is 20.8 Å². The summed E-state index contributed by atoms with van der Waals surface area (Å²) >= 11 is 1.44. The summed E-state index contributed by atoms with van der Waals surface area (Å²) in [7, 11) is -2.35. The largest absolute Gasteiger partial charge is 0.390 e. The van der Waals surface area contributed by atoms with Gasteiger partial charge in [-0.2, -0.15) is 4.98 Å². The fraction of sp³-hybridized carbons (Fsp3) is 0.429. The highest BCUT2D eigenvalue weighted by Gasteiger charge is 2.43. The number of nitrogens with zero attached hydrogens (tertiary/aromatic N) is 4. The van der Waals surface area contributed by atoms with Crippen LogP contribution in [0.3, 0.4) is 0 Å². The second-order valence-corrected chi connectivity index (χ2v) is 14.0. The predicted octanol–water partition coefficient (Wildman–Crippen LogP) is 3.30. The molecule has 5 N–H and O–H groups in total. The molecule has 4 aromatic rings. The molecule has 2 aliphatic rings. The number of fused-ring (bicyclic) bond motifs is 1. The van der Waals surface area contributed by atoms with Gasteiger partial charge in [-0.1, -0.05) is 6.07 Å². The molecule has 3 aromatic heterocycles. The van der Waals surface area contributed by atoms with Crippen LogP contribution in [0.4, 0.5) is 20.5 Å². The van der Waals surface area contributed by atoms with E-state index in [1.54, 1.807) is 13.1 Å². The van der Waals surface area contributed by atoms with Crippen molar-refractivity contribution in [2.24, 2.45) is 5.92 Å². The van der Waals surface area contributed by atoms with Gasteiger partial charge < -0.3 is 20.8 Å². The van der Waals surface area contributed by atoms with E-state index in [1.807, 2.05) is 6.07 Å². The van der Waals surface area contributed by atoms with Crippen molar-refractivity contribution in [3.8, 4) is 10.6 Å². The van der Waals surface area contributed by atoms with Crippen LogP contribution in [-0.2, 0) is 16.6 Å². The maximum atomic E-state index is 14.3. The lowest BCUT2D eigenvalue weighted by Gasteiger charge is -2.21. The van der Waals surface area contributed by atoms with Gasteiger partial charge in [0, 0.05) is 30.1 Å². The fourth-order valence-corrected chi connectivity index (χ4v) is 7.62. The highest BCUT2D eigenvalue weighted by molar-refractivity contribution is 7.89. The summed E-state index contributed by atoms with van der Waals surface area (Å²) in [5, 5.41) is 28.3. The molecule has 6 rings (SSSR count). The lowest BCUT2D eigenvalue weighted by Crippen LogP contribution is -2.37. The number of sulfonamides is 1. The van der Waals surface area contributed by atoms with E-state index in [4.69, 9.17) is 4.98 Å². The highest BCUT2D eigenvalue weighted by atomic mass is 32.2. The summed E-state index contributed by atoms with van der Waals surface area (Å²) in [6, 6.07) is 4.75. The Labute approximate surface area is 250 Å². The third-order valence-electron chi connectivity index (χ3n) is 7.96. The molecule has 0 amide bonds. The Morgan fingerprint density at radius 1 is 1.07 bits per heavy atom. The van der Waals surface area contributed by atoms with Crippen LogP contribution in [0, 0.1) is 24.5 Å². The first-order valence-corrected chi connectivity index (χ1v) is 16.4. The quantitative estimate of drug-likeness (QED) is 0.176. The zero-order valence-corrected chi connectivity index (χ0v) is 25.0. The SMILES string of the molecule is CNS(=O)(=O)C[C@H]1C[C@@H](Nc2nc(NCc3c(F)cccc3F)nc(C)c2-c2nc3c(C4CC4)nccc3s2)[C@H](O)[C@@H]1O. The first kappa shape index (κ1) is 29.7. The standard InChI is InChI=1S/C28H31F2N7O4S2/c1-13-21(27-36-23-20(42-27)8-9-32-22(23)14-6-7-14)26(35-19-10-15(24(38)25(19)39)12-43(40,41)31-2)37-28(34-13)33-11-16-17(29)4-3-5-18(16)30/h3-5,8-9,14-15,19,24-25,31,38-39H,6-7,10-12H2,1-2H3,(H2,33,34,35,37)/t15-,19-,24-,25+/m1/s1. The minimum absolute atomic E-state index is 0.0789. The van der Waals surface area contributed by atoms with Crippen molar-refractivity contribution < 1.29 is 27.4 Å². The number of hydrogen-bond donors (Lipinski definition) is 5. The van der Waals surface area contributed by atoms with Gasteiger partial charge in [-0.3, -0.25) is 4.98 Å². The maximum Gasteiger partial charge on any atom is 0.225 e. The van der Waals surface area contributed by atoms with Gasteiger partial charge in [0.05, 0.1) is 39.5 Å². The highest BCUT2D eigenvalue weighted by Crippen LogP contribution is 2.44. The number of aryl methyl sites for hydroxylation is 1. The molecule has 0 aliphatic heterocycles. The Morgan fingerprint density at radius 3 is 2.51 bits per heavy atom. The van der Waals surface area contributed by atoms with E-state index in [1.165, 1.54) is 24.5 Å². The average molecular weight is 632 g/mol. The van der Waals surface area contributed by atoms with Gasteiger partial charge in [0.1, 0.15) is 34.1 Å². The fourth-order valence-electron chi connectivity index (χ4n) is 5.49. The van der Waals surface area contributed by atoms with E-state index in [-0.39, 0.29) is 36.0 Å². The lowest BCUT2D eigenvalue weighted by molar-refractivity contribution is 0.0216. The Hall–Kier alpha value is -3.37. The summed E-state index contributed by atoms with van der Waals surface area (Å²) in [5.74, 6) is -1.77. The zero-order chi connectivity index (χ0) is 30.5. The molecule has 2 saturated carbocycles. The molecule has 2 fully saturated rings. The summed E-state index contributed by atoms with van der Waals surface area (Å²) in [4.78, 5) is 18.6. The number of aliphatic hydroxyl groups is 2. The van der Waals surface area contributed by atoms with Crippen molar-refractivity contribution in [1.29, 1.82) is 0 Å². The number of benzene rings is 1. The van der Waals surface area contributed by atoms with Crippen molar-refractivity contribution in [3.05, 3.63) is 59.0 Å². The third-order valence-corrected chi connectivity index (χ3v) is 10.5. The van der Waals surface area contributed by atoms with Crippen LogP contribution in [0.5, 0.6) is 0 Å². The molecule has 2 aliphatic carbocycles. The first-order chi connectivity index (χ1) is 20.5. The molecular formula is C28H31F2N7O4S2. The summed E-state index contributed by atoms with van der Waals surface area (Å²) in [5.41, 5.74) is 2.65.